The van der Waals surface area contributed by atoms with Gasteiger partial charge < -0.3 is 20.2 Å². The molecule has 2 aliphatic heterocycles. The Bertz CT molecular complexity index is 483. The molecule has 0 aromatic carbocycles. The zero-order valence-electron chi connectivity index (χ0n) is 6.34. The largest absolute Gasteiger partial charge is 0.356 e. The van der Waals surface area contributed by atoms with Crippen molar-refractivity contribution in [2.75, 3.05) is 0 Å². The summed E-state index contributed by atoms with van der Waals surface area (Å²) in [5.74, 6) is -0.426. The lowest BCUT2D eigenvalue weighted by Crippen LogP contribution is -2.26. The topological polar surface area (TPSA) is 135 Å². The van der Waals surface area contributed by atoms with Crippen molar-refractivity contribution in [3.63, 3.8) is 0 Å². The average molecular weight is 199 g/mol. The molecule has 0 aliphatic carbocycles. The third kappa shape index (κ3) is 0.886. The van der Waals surface area contributed by atoms with Gasteiger partial charge in [-0.1, -0.05) is 0 Å². The SMILES string of the molecule is O=[N+]([O-])n1nc2ncnc-2n1[N+](=O)[O-]. The van der Waals surface area contributed by atoms with E-state index in [4.69, 9.17) is 0 Å². The van der Waals surface area contributed by atoms with E-state index in [9.17, 15) is 20.2 Å². The van der Waals surface area contributed by atoms with E-state index in [1.54, 1.807) is 0 Å². The van der Waals surface area contributed by atoms with Gasteiger partial charge in [0, 0.05) is 0 Å². The molecule has 2 aliphatic rings. The van der Waals surface area contributed by atoms with Crippen molar-refractivity contribution >= 4 is 0 Å². The van der Waals surface area contributed by atoms with Gasteiger partial charge in [0.15, 0.2) is 4.79 Å². The first-order valence-corrected chi connectivity index (χ1v) is 3.19. The second-order valence-corrected chi connectivity index (χ2v) is 2.15. The maximum atomic E-state index is 10.4. The number of imidazole rings is 1. The van der Waals surface area contributed by atoms with Crippen molar-refractivity contribution in [2.45, 2.75) is 0 Å². The fourth-order valence-corrected chi connectivity index (χ4v) is 0.925. The lowest BCUT2D eigenvalue weighted by atomic mass is 10.6. The van der Waals surface area contributed by atoms with E-state index in [0.29, 0.717) is 0 Å². The van der Waals surface area contributed by atoms with Crippen LogP contribution in [-0.4, -0.2) is 34.8 Å². The van der Waals surface area contributed by atoms with Crippen LogP contribution in [0.3, 0.4) is 0 Å². The van der Waals surface area contributed by atoms with Gasteiger partial charge in [0.05, 0.1) is 0 Å². The van der Waals surface area contributed by atoms with Crippen LogP contribution in [0.15, 0.2) is 6.33 Å². The highest BCUT2D eigenvalue weighted by molar-refractivity contribution is 5.42. The second-order valence-electron chi connectivity index (χ2n) is 2.15. The third-order valence-electron chi connectivity index (χ3n) is 1.40. The maximum Gasteiger partial charge on any atom is 0.356 e. The molecular formula is C3HN7O4. The number of nitrogens with zero attached hydrogens (tertiary/aromatic N) is 7. The zero-order chi connectivity index (χ0) is 10.3. The summed E-state index contributed by atoms with van der Waals surface area (Å²) in [7, 11) is 0. The number of hydrogen-bond acceptors (Lipinski definition) is 7. The van der Waals surface area contributed by atoms with Crippen molar-refractivity contribution in [3.8, 4) is 11.6 Å². The van der Waals surface area contributed by atoms with Crippen molar-refractivity contribution in [3.05, 3.63) is 26.6 Å². The quantitative estimate of drug-likeness (QED) is 0.431. The first kappa shape index (κ1) is 8.03. The Balaban J connectivity index is 2.75. The number of aromatic nitrogens is 5. The predicted octanol–water partition coefficient (Wildman–Crippen LogP) is -1.34. The van der Waals surface area contributed by atoms with Crippen LogP contribution in [-0.2, 0) is 0 Å². The minimum absolute atomic E-state index is 0.0370. The Kier molecular flexibility index (Phi) is 1.40. The summed E-state index contributed by atoms with van der Waals surface area (Å²) in [5.41, 5.74) is 0. The minimum Gasteiger partial charge on any atom is -0.354 e. The number of rotatable bonds is 2. The van der Waals surface area contributed by atoms with Gasteiger partial charge in [-0.05, 0) is 0 Å². The molecule has 0 aromatic heterocycles. The smallest absolute Gasteiger partial charge is 0.354 e. The van der Waals surface area contributed by atoms with Gasteiger partial charge in [-0.25, -0.2) is 0 Å². The Morgan fingerprint density at radius 1 is 1.21 bits per heavy atom. The van der Waals surface area contributed by atoms with Gasteiger partial charge in [0.1, 0.15) is 21.5 Å². The molecule has 0 saturated heterocycles. The molecule has 0 saturated carbocycles. The van der Waals surface area contributed by atoms with E-state index < -0.39 is 10.1 Å². The zero-order valence-corrected chi connectivity index (χ0v) is 6.34. The highest BCUT2D eigenvalue weighted by atomic mass is 16.7. The molecule has 0 unspecified atom stereocenters. The Morgan fingerprint density at radius 3 is 2.50 bits per heavy atom. The van der Waals surface area contributed by atoms with Gasteiger partial charge in [0.25, 0.3) is 4.91 Å². The Morgan fingerprint density at radius 2 is 1.93 bits per heavy atom. The molecule has 11 nitrogen and oxygen atoms in total. The molecule has 11 heteroatoms. The first-order valence-electron chi connectivity index (χ1n) is 3.19. The summed E-state index contributed by atoms with van der Waals surface area (Å²) in [6.45, 7) is 0. The first-order chi connectivity index (χ1) is 6.61. The summed E-state index contributed by atoms with van der Waals surface area (Å²) in [6.07, 6.45) is 1.03. The molecule has 0 amide bonds. The van der Waals surface area contributed by atoms with Crippen LogP contribution >= 0.6 is 0 Å². The summed E-state index contributed by atoms with van der Waals surface area (Å²) in [4.78, 5) is 27.8. The molecule has 2 rings (SSSR count). The normalized spacial score (nSPS) is 10.6. The lowest BCUT2D eigenvalue weighted by molar-refractivity contribution is -0.654. The summed E-state index contributed by atoms with van der Waals surface area (Å²) in [6, 6.07) is 0. The van der Waals surface area contributed by atoms with Crippen LogP contribution in [0.25, 0.3) is 11.6 Å². The van der Waals surface area contributed by atoms with E-state index in [-0.39, 0.29) is 21.3 Å². The maximum absolute atomic E-state index is 10.4. The number of hydrogen-bond donors (Lipinski definition) is 0. The fourth-order valence-electron chi connectivity index (χ4n) is 0.925. The third-order valence-corrected chi connectivity index (χ3v) is 1.40. The minimum atomic E-state index is -1.05. The van der Waals surface area contributed by atoms with Crippen molar-refractivity contribution in [1.82, 2.24) is 24.8 Å². The fraction of sp³-hybridized carbons (Fsp3) is 0. The van der Waals surface area contributed by atoms with E-state index in [1.165, 1.54) is 0 Å². The molecule has 0 radical (unpaired) electrons. The molecule has 2 heterocycles. The van der Waals surface area contributed by atoms with Crippen LogP contribution in [0.5, 0.6) is 0 Å². The van der Waals surface area contributed by atoms with Crippen molar-refractivity contribution in [2.24, 2.45) is 0 Å². The van der Waals surface area contributed by atoms with Crippen LogP contribution < -0.4 is 0 Å². The standard InChI is InChI=1S/C3HN7O4/c11-9(12)7-3-2(4-1-5-3)6-8(7)10(13)14/h1H. The molecule has 0 bridgehead atoms. The Labute approximate surface area is 74.1 Å². The average Bonchev–Trinajstić information content (AvgIpc) is 2.58. The van der Waals surface area contributed by atoms with Gasteiger partial charge >= 0.3 is 11.6 Å². The highest BCUT2D eigenvalue weighted by Gasteiger charge is 2.38. The predicted molar refractivity (Wildman–Crippen MR) is 37.2 cm³/mol. The van der Waals surface area contributed by atoms with Gasteiger partial charge in [-0.15, -0.1) is 0 Å². The molecule has 72 valence electrons. The summed E-state index contributed by atoms with van der Waals surface area (Å²) in [5, 5.41) is 22.0. The van der Waals surface area contributed by atoms with E-state index in [2.05, 4.69) is 15.1 Å². The Hall–Kier alpha value is -2.59. The van der Waals surface area contributed by atoms with Crippen LogP contribution in [0.1, 0.15) is 0 Å². The van der Waals surface area contributed by atoms with E-state index in [0.717, 1.165) is 6.33 Å². The van der Waals surface area contributed by atoms with Gasteiger partial charge in [-0.3, -0.25) is 0 Å². The molecule has 0 fully saturated rings. The van der Waals surface area contributed by atoms with Crippen LogP contribution in [0.2, 0.25) is 0 Å². The van der Waals surface area contributed by atoms with Crippen LogP contribution in [0.4, 0.5) is 0 Å². The van der Waals surface area contributed by atoms with E-state index >= 15 is 0 Å². The van der Waals surface area contributed by atoms with E-state index in [1.807, 2.05) is 0 Å². The second kappa shape index (κ2) is 2.45. The van der Waals surface area contributed by atoms with Gasteiger partial charge in [-0.2, -0.15) is 9.97 Å². The number of nitro groups is 2. The van der Waals surface area contributed by atoms with Gasteiger partial charge in [0.2, 0.25) is 0 Å². The molecule has 0 aromatic rings. The molecular weight excluding hydrogens is 198 g/mol. The summed E-state index contributed by atoms with van der Waals surface area (Å²) < 4.78 is 0. The number of fused-ring (bicyclic) bond motifs is 1. The van der Waals surface area contributed by atoms with Crippen LogP contribution in [0, 0.1) is 20.2 Å². The lowest BCUT2D eigenvalue weighted by Gasteiger charge is -1.90. The molecule has 0 atom stereocenters. The van der Waals surface area contributed by atoms with Crippen molar-refractivity contribution in [1.29, 1.82) is 0 Å². The summed E-state index contributed by atoms with van der Waals surface area (Å²) >= 11 is 0. The molecule has 14 heavy (non-hydrogen) atoms. The monoisotopic (exact) mass is 199 g/mol. The highest BCUT2D eigenvalue weighted by Crippen LogP contribution is 2.13. The van der Waals surface area contributed by atoms with Crippen molar-refractivity contribution < 1.29 is 10.1 Å². The molecule has 0 N–H and O–H groups in total. The molecule has 0 spiro atoms.